The number of hydrogen-bond acceptors (Lipinski definition) is 9. The maximum absolute atomic E-state index is 5.48. The number of aromatic nitrogens is 4. The maximum Gasteiger partial charge on any atom is 0.240 e. The Balaban J connectivity index is 1.51. The topological polar surface area (TPSA) is 80.4 Å². The molecule has 8 nitrogen and oxygen atoms in total. The van der Waals surface area contributed by atoms with Crippen molar-refractivity contribution in [2.45, 2.75) is 33.4 Å². The molecule has 3 rings (SSSR count). The van der Waals surface area contributed by atoms with E-state index in [-0.39, 0.29) is 6.10 Å². The molecule has 126 valence electrons. The summed E-state index contributed by atoms with van der Waals surface area (Å²) in [5.41, 5.74) is 0. The molecule has 1 unspecified atom stereocenters. The Bertz CT molecular complexity index is 622. The smallest absolute Gasteiger partial charge is 0.240 e. The summed E-state index contributed by atoms with van der Waals surface area (Å²) in [6.07, 6.45) is -0.130. The molecule has 0 bridgehead atoms. The average molecular weight is 338 g/mol. The quantitative estimate of drug-likeness (QED) is 0.786. The van der Waals surface area contributed by atoms with Crippen LogP contribution in [0.15, 0.2) is 4.52 Å². The zero-order valence-corrected chi connectivity index (χ0v) is 14.5. The van der Waals surface area contributed by atoms with Crippen LogP contribution < -0.4 is 4.90 Å². The van der Waals surface area contributed by atoms with Crippen LogP contribution in [-0.2, 0) is 11.3 Å². The Labute approximate surface area is 139 Å². The first-order valence-electron chi connectivity index (χ1n) is 7.87. The van der Waals surface area contributed by atoms with Crippen molar-refractivity contribution in [1.29, 1.82) is 0 Å². The van der Waals surface area contributed by atoms with Crippen molar-refractivity contribution in [3.63, 3.8) is 0 Å². The lowest BCUT2D eigenvalue weighted by Crippen LogP contribution is -2.46. The molecule has 2 aromatic rings. The van der Waals surface area contributed by atoms with Gasteiger partial charge in [-0.05, 0) is 20.8 Å². The Morgan fingerprint density at radius 1 is 1.26 bits per heavy atom. The fourth-order valence-electron chi connectivity index (χ4n) is 2.53. The Morgan fingerprint density at radius 2 is 2.04 bits per heavy atom. The van der Waals surface area contributed by atoms with Crippen LogP contribution in [0.25, 0.3) is 0 Å². The van der Waals surface area contributed by atoms with Gasteiger partial charge in [0.1, 0.15) is 11.9 Å². The summed E-state index contributed by atoms with van der Waals surface area (Å²) in [6.45, 7) is 10.9. The highest BCUT2D eigenvalue weighted by atomic mass is 32.1. The molecule has 0 radical (unpaired) electrons. The van der Waals surface area contributed by atoms with E-state index in [0.29, 0.717) is 24.9 Å². The van der Waals surface area contributed by atoms with Crippen LogP contribution in [0, 0.1) is 6.92 Å². The van der Waals surface area contributed by atoms with Crippen LogP contribution >= 0.6 is 11.5 Å². The van der Waals surface area contributed by atoms with Gasteiger partial charge in [0.05, 0.1) is 6.54 Å². The van der Waals surface area contributed by atoms with Crippen LogP contribution in [0.5, 0.6) is 0 Å². The molecule has 0 N–H and O–H groups in total. The number of rotatable bonds is 6. The summed E-state index contributed by atoms with van der Waals surface area (Å²) in [4.78, 5) is 13.5. The van der Waals surface area contributed by atoms with Crippen molar-refractivity contribution in [1.82, 2.24) is 24.4 Å². The third-order valence-electron chi connectivity index (χ3n) is 3.78. The first-order chi connectivity index (χ1) is 11.2. The lowest BCUT2D eigenvalue weighted by molar-refractivity contribution is 0.0683. The first-order valence-corrected chi connectivity index (χ1v) is 8.64. The van der Waals surface area contributed by atoms with E-state index in [2.05, 4.69) is 29.3 Å². The van der Waals surface area contributed by atoms with E-state index in [1.54, 1.807) is 0 Å². The minimum Gasteiger partial charge on any atom is -0.371 e. The van der Waals surface area contributed by atoms with E-state index >= 15 is 0 Å². The molecule has 23 heavy (non-hydrogen) atoms. The molecule has 1 aliphatic rings. The second-order valence-corrected chi connectivity index (χ2v) is 6.26. The molecule has 3 heterocycles. The maximum atomic E-state index is 5.48. The normalized spacial score (nSPS) is 17.6. The van der Waals surface area contributed by atoms with Crippen LogP contribution in [0.3, 0.4) is 0 Å². The molecule has 0 amide bonds. The number of piperazine rings is 1. The predicted molar refractivity (Wildman–Crippen MR) is 86.5 cm³/mol. The summed E-state index contributed by atoms with van der Waals surface area (Å²) >= 11 is 1.46. The average Bonchev–Trinajstić information content (AvgIpc) is 3.18. The van der Waals surface area contributed by atoms with Crippen molar-refractivity contribution in [3.05, 3.63) is 17.5 Å². The van der Waals surface area contributed by atoms with Crippen molar-refractivity contribution in [3.8, 4) is 0 Å². The van der Waals surface area contributed by atoms with E-state index in [1.165, 1.54) is 11.5 Å². The standard InChI is InChI=1S/C14H22N6O2S/c1-4-21-10(2)13-16-12(22-17-13)9-19-5-7-20(8-6-19)14-15-11(3)18-23-14/h10H,4-9H2,1-3H3. The monoisotopic (exact) mass is 338 g/mol. The zero-order valence-electron chi connectivity index (χ0n) is 13.7. The predicted octanol–water partition coefficient (Wildman–Crippen LogP) is 1.65. The van der Waals surface area contributed by atoms with Crippen LogP contribution in [0.4, 0.5) is 5.13 Å². The summed E-state index contributed by atoms with van der Waals surface area (Å²) in [7, 11) is 0. The molecule has 1 fully saturated rings. The second-order valence-electron chi connectivity index (χ2n) is 5.53. The highest BCUT2D eigenvalue weighted by molar-refractivity contribution is 7.09. The van der Waals surface area contributed by atoms with Crippen LogP contribution in [0.1, 0.15) is 37.5 Å². The largest absolute Gasteiger partial charge is 0.371 e. The third kappa shape index (κ3) is 4.04. The van der Waals surface area contributed by atoms with Gasteiger partial charge in [0, 0.05) is 44.3 Å². The molecule has 2 aromatic heterocycles. The molecule has 0 aliphatic carbocycles. The van der Waals surface area contributed by atoms with Gasteiger partial charge in [0.2, 0.25) is 11.0 Å². The van der Waals surface area contributed by atoms with Crippen LogP contribution in [0.2, 0.25) is 0 Å². The van der Waals surface area contributed by atoms with E-state index < -0.39 is 0 Å². The number of aryl methyl sites for hydroxylation is 1. The Kier molecular flexibility index (Phi) is 5.19. The highest BCUT2D eigenvalue weighted by Crippen LogP contribution is 2.19. The van der Waals surface area contributed by atoms with Crippen molar-refractivity contribution in [2.75, 3.05) is 37.7 Å². The highest BCUT2D eigenvalue weighted by Gasteiger charge is 2.22. The van der Waals surface area contributed by atoms with Gasteiger partial charge in [-0.25, -0.2) is 4.98 Å². The summed E-state index contributed by atoms with van der Waals surface area (Å²) in [6, 6.07) is 0. The molecule has 1 aliphatic heterocycles. The molecule has 9 heteroatoms. The fraction of sp³-hybridized carbons (Fsp3) is 0.714. The molecule has 0 spiro atoms. The minimum absolute atomic E-state index is 0.130. The number of hydrogen-bond donors (Lipinski definition) is 0. The lowest BCUT2D eigenvalue weighted by atomic mass is 10.3. The van der Waals surface area contributed by atoms with Gasteiger partial charge in [0.25, 0.3) is 0 Å². The van der Waals surface area contributed by atoms with Gasteiger partial charge in [0.15, 0.2) is 5.82 Å². The number of ether oxygens (including phenoxy) is 1. The van der Waals surface area contributed by atoms with Crippen molar-refractivity contribution < 1.29 is 9.26 Å². The first kappa shape index (κ1) is 16.3. The van der Waals surface area contributed by atoms with Gasteiger partial charge in [-0.15, -0.1) is 0 Å². The van der Waals surface area contributed by atoms with E-state index in [1.807, 2.05) is 20.8 Å². The van der Waals surface area contributed by atoms with Gasteiger partial charge in [-0.1, -0.05) is 5.16 Å². The SMILES string of the molecule is CCOC(C)c1noc(CN2CCN(c3nc(C)ns3)CC2)n1. The van der Waals surface area contributed by atoms with E-state index in [9.17, 15) is 0 Å². The van der Waals surface area contributed by atoms with Gasteiger partial charge in [-0.3, -0.25) is 4.90 Å². The van der Waals surface area contributed by atoms with E-state index in [0.717, 1.165) is 37.1 Å². The van der Waals surface area contributed by atoms with E-state index in [4.69, 9.17) is 9.26 Å². The van der Waals surface area contributed by atoms with Gasteiger partial charge >= 0.3 is 0 Å². The molecule has 0 aromatic carbocycles. The summed E-state index contributed by atoms with van der Waals surface area (Å²) < 4.78 is 15.1. The number of nitrogens with zero attached hydrogens (tertiary/aromatic N) is 6. The van der Waals surface area contributed by atoms with Crippen LogP contribution in [-0.4, -0.2) is 57.2 Å². The van der Waals surface area contributed by atoms with Gasteiger partial charge < -0.3 is 14.2 Å². The van der Waals surface area contributed by atoms with Crippen molar-refractivity contribution >= 4 is 16.7 Å². The Morgan fingerprint density at radius 3 is 2.70 bits per heavy atom. The molecular formula is C14H22N6O2S. The van der Waals surface area contributed by atoms with Gasteiger partial charge in [-0.2, -0.15) is 9.36 Å². The lowest BCUT2D eigenvalue weighted by Gasteiger charge is -2.33. The number of anilines is 1. The van der Waals surface area contributed by atoms with Crippen molar-refractivity contribution in [2.24, 2.45) is 0 Å². The molecule has 1 atom stereocenters. The molecule has 0 saturated carbocycles. The third-order valence-corrected chi connectivity index (χ3v) is 4.65. The summed E-state index contributed by atoms with van der Waals surface area (Å²) in [5, 5.41) is 5.01. The minimum atomic E-state index is -0.130. The fourth-order valence-corrected chi connectivity index (χ4v) is 3.25. The Hall–Kier alpha value is -1.58. The molecular weight excluding hydrogens is 316 g/mol. The molecule has 1 saturated heterocycles. The second kappa shape index (κ2) is 7.33. The zero-order chi connectivity index (χ0) is 16.2. The summed E-state index contributed by atoms with van der Waals surface area (Å²) in [5.74, 6) is 2.10.